The van der Waals surface area contributed by atoms with E-state index in [0.29, 0.717) is 17.1 Å². The number of nitrogens with zero attached hydrogens (tertiary/aromatic N) is 2. The molecule has 1 N–H and O–H groups in total. The molecule has 3 rings (SSSR count). The average molecular weight is 421 g/mol. The van der Waals surface area contributed by atoms with Gasteiger partial charge in [-0.2, -0.15) is 0 Å². The van der Waals surface area contributed by atoms with Crippen molar-refractivity contribution in [2.75, 3.05) is 18.9 Å². The first-order valence-electron chi connectivity index (χ1n) is 10.0. The van der Waals surface area contributed by atoms with E-state index in [1.54, 1.807) is 31.3 Å². The highest BCUT2D eigenvalue weighted by Gasteiger charge is 2.20. The lowest BCUT2D eigenvalue weighted by atomic mass is 10.1. The van der Waals surface area contributed by atoms with Gasteiger partial charge in [0.1, 0.15) is 18.1 Å². The summed E-state index contributed by atoms with van der Waals surface area (Å²) in [6, 6.07) is 12.7. The third kappa shape index (κ3) is 5.12. The first-order valence-corrected chi connectivity index (χ1v) is 10.0. The number of hydrogen-bond donors (Lipinski definition) is 1. The number of aromatic nitrogens is 1. The summed E-state index contributed by atoms with van der Waals surface area (Å²) in [5.41, 5.74) is 4.82. The number of nitrogens with one attached hydrogen (secondary N) is 1. The van der Waals surface area contributed by atoms with Gasteiger partial charge in [0.25, 0.3) is 5.91 Å². The van der Waals surface area contributed by atoms with Gasteiger partial charge in [0.15, 0.2) is 0 Å². The van der Waals surface area contributed by atoms with E-state index < -0.39 is 0 Å². The average Bonchev–Trinajstić information content (AvgIpc) is 3.07. The van der Waals surface area contributed by atoms with E-state index in [2.05, 4.69) is 10.5 Å². The van der Waals surface area contributed by atoms with Crippen LogP contribution < -0.4 is 10.1 Å². The molecule has 3 aromatic rings. The number of benzene rings is 2. The summed E-state index contributed by atoms with van der Waals surface area (Å²) in [5, 5.41) is 6.80. The molecule has 31 heavy (non-hydrogen) atoms. The van der Waals surface area contributed by atoms with Crippen molar-refractivity contribution in [1.29, 1.82) is 0 Å². The van der Waals surface area contributed by atoms with Crippen LogP contribution in [0.5, 0.6) is 5.75 Å². The Labute approximate surface area is 182 Å². The van der Waals surface area contributed by atoms with Gasteiger partial charge in [-0.05, 0) is 57.0 Å². The Balaban J connectivity index is 1.68. The monoisotopic (exact) mass is 421 g/mol. The summed E-state index contributed by atoms with van der Waals surface area (Å²) in [7, 11) is 1.59. The second kappa shape index (κ2) is 9.47. The maximum atomic E-state index is 13.0. The highest BCUT2D eigenvalue weighted by atomic mass is 16.5. The van der Waals surface area contributed by atoms with Crippen LogP contribution in [0.2, 0.25) is 0 Å². The number of hydrogen-bond acceptors (Lipinski definition) is 5. The molecule has 0 radical (unpaired) electrons. The topological polar surface area (TPSA) is 84.7 Å². The molecule has 0 atom stereocenters. The molecular formula is C24H27N3O4. The van der Waals surface area contributed by atoms with Crippen molar-refractivity contribution in [3.05, 3.63) is 76.2 Å². The number of carbonyl (C=O) groups is 2. The van der Waals surface area contributed by atoms with Crippen LogP contribution >= 0.6 is 0 Å². The van der Waals surface area contributed by atoms with E-state index in [-0.39, 0.29) is 25.0 Å². The van der Waals surface area contributed by atoms with Crippen LogP contribution in [0.15, 0.2) is 47.0 Å². The predicted molar refractivity (Wildman–Crippen MR) is 118 cm³/mol. The second-order valence-corrected chi connectivity index (χ2v) is 7.54. The van der Waals surface area contributed by atoms with E-state index >= 15 is 0 Å². The molecule has 1 aromatic heterocycles. The lowest BCUT2D eigenvalue weighted by molar-refractivity contribution is -0.116. The minimum absolute atomic E-state index is 0.0790. The van der Waals surface area contributed by atoms with E-state index in [1.807, 2.05) is 45.9 Å². The Kier molecular flexibility index (Phi) is 6.74. The van der Waals surface area contributed by atoms with Crippen LogP contribution in [-0.2, 0) is 11.4 Å². The molecule has 7 nitrogen and oxygen atoms in total. The molecule has 0 aliphatic rings. The molecule has 0 saturated carbocycles. The zero-order valence-electron chi connectivity index (χ0n) is 18.5. The van der Waals surface area contributed by atoms with Crippen molar-refractivity contribution >= 4 is 17.5 Å². The van der Waals surface area contributed by atoms with Crippen LogP contribution in [0.3, 0.4) is 0 Å². The molecule has 0 aliphatic heterocycles. The molecule has 0 saturated heterocycles. The molecule has 7 heteroatoms. The van der Waals surface area contributed by atoms with Crippen molar-refractivity contribution in [3.8, 4) is 5.75 Å². The summed E-state index contributed by atoms with van der Waals surface area (Å²) in [5.74, 6) is 0.556. The fraction of sp³-hybridized carbons (Fsp3) is 0.292. The molecule has 1 heterocycles. The first-order chi connectivity index (χ1) is 14.8. The summed E-state index contributed by atoms with van der Waals surface area (Å²) in [6.45, 7) is 7.76. The van der Waals surface area contributed by atoms with Gasteiger partial charge in [-0.1, -0.05) is 29.4 Å². The van der Waals surface area contributed by atoms with Crippen molar-refractivity contribution in [2.45, 2.75) is 34.3 Å². The number of carbonyl (C=O) groups excluding carboxylic acids is 2. The summed E-state index contributed by atoms with van der Waals surface area (Å²) < 4.78 is 11.1. The van der Waals surface area contributed by atoms with E-state index in [0.717, 1.165) is 28.1 Å². The van der Waals surface area contributed by atoms with Crippen molar-refractivity contribution in [1.82, 2.24) is 10.1 Å². The molecule has 0 aliphatic carbocycles. The van der Waals surface area contributed by atoms with Gasteiger partial charge in [-0.15, -0.1) is 0 Å². The fourth-order valence-electron chi connectivity index (χ4n) is 3.20. The summed E-state index contributed by atoms with van der Waals surface area (Å²) in [6.07, 6.45) is 0. The standard InChI is InChI=1S/C24H27N3O4/c1-15-9-8-11-21(16(15)2)25-23(28)13-27(5)24(29)19-10-6-7-12-22(19)30-14-20-17(3)26-31-18(20)4/h6-12H,13-14H2,1-5H3,(H,25,28). The van der Waals surface area contributed by atoms with Gasteiger partial charge in [-0.3, -0.25) is 9.59 Å². The Bertz CT molecular complexity index is 1080. The summed E-state index contributed by atoms with van der Waals surface area (Å²) in [4.78, 5) is 26.9. The van der Waals surface area contributed by atoms with E-state index in [1.165, 1.54) is 4.90 Å². The third-order valence-corrected chi connectivity index (χ3v) is 5.28. The van der Waals surface area contributed by atoms with Gasteiger partial charge in [0.05, 0.1) is 23.4 Å². The number of anilines is 1. The smallest absolute Gasteiger partial charge is 0.257 e. The van der Waals surface area contributed by atoms with Gasteiger partial charge < -0.3 is 19.5 Å². The predicted octanol–water partition coefficient (Wildman–Crippen LogP) is 4.20. The Morgan fingerprint density at radius 2 is 1.81 bits per heavy atom. The molecular weight excluding hydrogens is 394 g/mol. The highest BCUT2D eigenvalue weighted by molar-refractivity contribution is 6.01. The molecule has 2 aromatic carbocycles. The highest BCUT2D eigenvalue weighted by Crippen LogP contribution is 2.23. The summed E-state index contributed by atoms with van der Waals surface area (Å²) >= 11 is 0. The first kappa shape index (κ1) is 22.1. The van der Waals surface area contributed by atoms with Crippen LogP contribution in [0.25, 0.3) is 0 Å². The minimum atomic E-state index is -0.300. The van der Waals surface area contributed by atoms with E-state index in [4.69, 9.17) is 9.26 Å². The largest absolute Gasteiger partial charge is 0.488 e. The number of likely N-dealkylation sites (N-methyl/N-ethyl adjacent to an activating group) is 1. The molecule has 0 fully saturated rings. The third-order valence-electron chi connectivity index (χ3n) is 5.28. The number of para-hydroxylation sites is 1. The minimum Gasteiger partial charge on any atom is -0.488 e. The lowest BCUT2D eigenvalue weighted by Crippen LogP contribution is -2.35. The number of rotatable bonds is 7. The SMILES string of the molecule is Cc1cccc(NC(=O)CN(C)C(=O)c2ccccc2OCc2c(C)noc2C)c1C. The molecule has 0 unspecified atom stereocenters. The van der Waals surface area contributed by atoms with E-state index in [9.17, 15) is 9.59 Å². The Hall–Kier alpha value is -3.61. The van der Waals surface area contributed by atoms with Gasteiger partial charge in [0.2, 0.25) is 5.91 Å². The van der Waals surface area contributed by atoms with Crippen LogP contribution in [0.4, 0.5) is 5.69 Å². The van der Waals surface area contributed by atoms with Crippen LogP contribution in [-0.4, -0.2) is 35.5 Å². The number of aryl methyl sites for hydroxylation is 3. The number of amides is 2. The zero-order valence-corrected chi connectivity index (χ0v) is 18.5. The molecule has 0 spiro atoms. The van der Waals surface area contributed by atoms with Gasteiger partial charge in [0, 0.05) is 12.7 Å². The van der Waals surface area contributed by atoms with Crippen molar-refractivity contribution in [3.63, 3.8) is 0 Å². The molecule has 2 amide bonds. The maximum Gasteiger partial charge on any atom is 0.257 e. The van der Waals surface area contributed by atoms with Gasteiger partial charge in [-0.25, -0.2) is 0 Å². The Morgan fingerprint density at radius 1 is 1.06 bits per heavy atom. The molecule has 0 bridgehead atoms. The normalized spacial score (nSPS) is 10.6. The Morgan fingerprint density at radius 3 is 2.52 bits per heavy atom. The lowest BCUT2D eigenvalue weighted by Gasteiger charge is -2.19. The fourth-order valence-corrected chi connectivity index (χ4v) is 3.20. The number of ether oxygens (including phenoxy) is 1. The quantitative estimate of drug-likeness (QED) is 0.618. The van der Waals surface area contributed by atoms with Crippen molar-refractivity contribution < 1.29 is 18.8 Å². The van der Waals surface area contributed by atoms with Gasteiger partial charge >= 0.3 is 0 Å². The van der Waals surface area contributed by atoms with Crippen molar-refractivity contribution in [2.24, 2.45) is 0 Å². The maximum absolute atomic E-state index is 13.0. The molecule has 162 valence electrons. The zero-order chi connectivity index (χ0) is 22.5. The van der Waals surface area contributed by atoms with Crippen LogP contribution in [0, 0.1) is 27.7 Å². The van der Waals surface area contributed by atoms with Crippen LogP contribution in [0.1, 0.15) is 38.5 Å². The second-order valence-electron chi connectivity index (χ2n) is 7.54.